The minimum absolute atomic E-state index is 0.0617. The molecular formula is C20H23NO3S. The van der Waals surface area contributed by atoms with Gasteiger partial charge in [0.1, 0.15) is 5.75 Å². The number of likely N-dealkylation sites (tertiary alicyclic amines) is 1. The summed E-state index contributed by atoms with van der Waals surface area (Å²) in [6.07, 6.45) is 2.53. The highest BCUT2D eigenvalue weighted by Gasteiger charge is 2.30. The highest BCUT2D eigenvalue weighted by Crippen LogP contribution is 2.33. The maximum atomic E-state index is 12.6. The summed E-state index contributed by atoms with van der Waals surface area (Å²) in [6.45, 7) is 2.75. The van der Waals surface area contributed by atoms with Crippen molar-refractivity contribution in [2.24, 2.45) is 0 Å². The SMILES string of the molecule is COc1ccc(C2CCCN2C(=O)CCC(=O)c2ccc(C)s2)cc1. The lowest BCUT2D eigenvalue weighted by Gasteiger charge is -2.25. The van der Waals surface area contributed by atoms with Gasteiger partial charge in [-0.25, -0.2) is 0 Å². The second-order valence-corrected chi connectivity index (χ2v) is 7.64. The van der Waals surface area contributed by atoms with E-state index in [0.717, 1.165) is 40.5 Å². The van der Waals surface area contributed by atoms with Crippen molar-refractivity contribution >= 4 is 23.0 Å². The zero-order valence-electron chi connectivity index (χ0n) is 14.7. The monoisotopic (exact) mass is 357 g/mol. The lowest BCUT2D eigenvalue weighted by atomic mass is 10.0. The van der Waals surface area contributed by atoms with Gasteiger partial charge in [0.25, 0.3) is 0 Å². The molecule has 1 aromatic heterocycles. The van der Waals surface area contributed by atoms with Crippen LogP contribution in [0.1, 0.15) is 51.8 Å². The maximum Gasteiger partial charge on any atom is 0.223 e. The molecule has 132 valence electrons. The number of thiophene rings is 1. The van der Waals surface area contributed by atoms with E-state index in [1.807, 2.05) is 48.2 Å². The van der Waals surface area contributed by atoms with E-state index in [1.54, 1.807) is 7.11 Å². The number of aryl methyl sites for hydroxylation is 1. The Hall–Kier alpha value is -2.14. The molecular weight excluding hydrogens is 334 g/mol. The van der Waals surface area contributed by atoms with Crippen molar-refractivity contribution in [3.05, 3.63) is 51.7 Å². The van der Waals surface area contributed by atoms with Gasteiger partial charge in [-0.2, -0.15) is 0 Å². The van der Waals surface area contributed by atoms with Crippen LogP contribution in [-0.4, -0.2) is 30.2 Å². The summed E-state index contributed by atoms with van der Waals surface area (Å²) >= 11 is 1.49. The van der Waals surface area contributed by atoms with E-state index in [1.165, 1.54) is 11.3 Å². The third-order valence-corrected chi connectivity index (χ3v) is 5.70. The molecule has 2 aromatic rings. The maximum absolute atomic E-state index is 12.6. The molecule has 0 N–H and O–H groups in total. The lowest BCUT2D eigenvalue weighted by Crippen LogP contribution is -2.30. The number of methoxy groups -OCH3 is 1. The molecule has 0 spiro atoms. The third-order valence-electron chi connectivity index (χ3n) is 4.65. The Balaban J connectivity index is 1.61. The van der Waals surface area contributed by atoms with E-state index in [9.17, 15) is 9.59 Å². The van der Waals surface area contributed by atoms with Crippen molar-refractivity contribution in [1.82, 2.24) is 4.90 Å². The average molecular weight is 357 g/mol. The van der Waals surface area contributed by atoms with E-state index in [-0.39, 0.29) is 30.6 Å². The number of hydrogen-bond acceptors (Lipinski definition) is 4. The van der Waals surface area contributed by atoms with Gasteiger partial charge in [-0.1, -0.05) is 12.1 Å². The fourth-order valence-electron chi connectivity index (χ4n) is 3.31. The first-order valence-electron chi connectivity index (χ1n) is 8.61. The number of carbonyl (C=O) groups excluding carboxylic acids is 2. The second kappa shape index (κ2) is 7.83. The first-order chi connectivity index (χ1) is 12.1. The number of rotatable bonds is 6. The van der Waals surface area contributed by atoms with Crippen molar-refractivity contribution in [3.63, 3.8) is 0 Å². The molecule has 0 bridgehead atoms. The first kappa shape index (κ1) is 17.7. The molecule has 1 saturated heterocycles. The van der Waals surface area contributed by atoms with Crippen LogP contribution < -0.4 is 4.74 Å². The molecule has 5 heteroatoms. The van der Waals surface area contributed by atoms with Gasteiger partial charge in [0.15, 0.2) is 5.78 Å². The number of benzene rings is 1. The second-order valence-electron chi connectivity index (χ2n) is 6.35. The van der Waals surface area contributed by atoms with E-state index in [2.05, 4.69) is 0 Å². The van der Waals surface area contributed by atoms with Crippen LogP contribution in [0, 0.1) is 6.92 Å². The molecule has 0 saturated carbocycles. The number of nitrogens with zero attached hydrogens (tertiary/aromatic N) is 1. The summed E-state index contributed by atoms with van der Waals surface area (Å²) < 4.78 is 5.20. The molecule has 1 aromatic carbocycles. The molecule has 1 amide bonds. The van der Waals surface area contributed by atoms with Crippen molar-refractivity contribution in [3.8, 4) is 5.75 Å². The molecule has 1 unspecified atom stereocenters. The van der Waals surface area contributed by atoms with E-state index in [4.69, 9.17) is 4.74 Å². The molecule has 1 fully saturated rings. The number of carbonyl (C=O) groups is 2. The summed E-state index contributed by atoms with van der Waals surface area (Å²) in [5.74, 6) is 0.947. The van der Waals surface area contributed by atoms with Crippen molar-refractivity contribution in [2.75, 3.05) is 13.7 Å². The van der Waals surface area contributed by atoms with Crippen molar-refractivity contribution in [1.29, 1.82) is 0 Å². The van der Waals surface area contributed by atoms with Gasteiger partial charge in [-0.3, -0.25) is 9.59 Å². The Bertz CT molecular complexity index is 751. The Kier molecular flexibility index (Phi) is 5.53. The Morgan fingerprint density at radius 2 is 1.92 bits per heavy atom. The van der Waals surface area contributed by atoms with Gasteiger partial charge in [0.2, 0.25) is 5.91 Å². The summed E-state index contributed by atoms with van der Waals surface area (Å²) in [5, 5.41) is 0. The molecule has 1 atom stereocenters. The fourth-order valence-corrected chi connectivity index (χ4v) is 4.14. The minimum Gasteiger partial charge on any atom is -0.497 e. The van der Waals surface area contributed by atoms with Crippen molar-refractivity contribution < 1.29 is 14.3 Å². The summed E-state index contributed by atoms with van der Waals surface area (Å²) in [6, 6.07) is 11.8. The molecule has 1 aliphatic rings. The van der Waals surface area contributed by atoms with E-state index >= 15 is 0 Å². The normalized spacial score (nSPS) is 16.9. The van der Waals surface area contributed by atoms with Crippen LogP contribution in [-0.2, 0) is 4.79 Å². The van der Waals surface area contributed by atoms with Crippen LogP contribution >= 0.6 is 11.3 Å². The zero-order valence-corrected chi connectivity index (χ0v) is 15.5. The highest BCUT2D eigenvalue weighted by atomic mass is 32.1. The number of amides is 1. The topological polar surface area (TPSA) is 46.6 Å². The molecule has 1 aliphatic heterocycles. The van der Waals surface area contributed by atoms with Gasteiger partial charge in [0, 0.05) is 24.3 Å². The fraction of sp³-hybridized carbons (Fsp3) is 0.400. The summed E-state index contributed by atoms with van der Waals surface area (Å²) in [5.41, 5.74) is 1.13. The van der Waals surface area contributed by atoms with E-state index < -0.39 is 0 Å². The van der Waals surface area contributed by atoms with Gasteiger partial charge in [0.05, 0.1) is 18.0 Å². The Labute approximate surface area is 152 Å². The molecule has 25 heavy (non-hydrogen) atoms. The van der Waals surface area contributed by atoms with Crippen LogP contribution in [0.15, 0.2) is 36.4 Å². The number of Topliss-reactive ketones (excluding diaryl/α,β-unsaturated/α-hetero) is 1. The lowest BCUT2D eigenvalue weighted by molar-refractivity contribution is -0.132. The Morgan fingerprint density at radius 3 is 2.56 bits per heavy atom. The average Bonchev–Trinajstić information content (AvgIpc) is 3.28. The Morgan fingerprint density at radius 1 is 1.16 bits per heavy atom. The van der Waals surface area contributed by atoms with Gasteiger partial charge in [-0.05, 0) is 49.6 Å². The van der Waals surface area contributed by atoms with Crippen LogP contribution in [0.2, 0.25) is 0 Å². The molecule has 0 aliphatic carbocycles. The smallest absolute Gasteiger partial charge is 0.223 e. The summed E-state index contributed by atoms with van der Waals surface area (Å²) in [7, 11) is 1.65. The molecule has 3 rings (SSSR count). The molecule has 0 radical (unpaired) electrons. The van der Waals surface area contributed by atoms with E-state index in [0.29, 0.717) is 0 Å². The molecule has 2 heterocycles. The van der Waals surface area contributed by atoms with Crippen LogP contribution in [0.4, 0.5) is 0 Å². The minimum atomic E-state index is 0.0617. The molecule has 4 nitrogen and oxygen atoms in total. The standard InChI is InChI=1S/C20H23NO3S/c1-14-5-11-19(25-14)18(22)10-12-20(23)21-13-3-4-17(21)15-6-8-16(24-2)9-7-15/h5-9,11,17H,3-4,10,12-13H2,1-2H3. The van der Waals surface area contributed by atoms with Gasteiger partial charge in [-0.15, -0.1) is 11.3 Å². The van der Waals surface area contributed by atoms with Crippen LogP contribution in [0.25, 0.3) is 0 Å². The number of ether oxygens (including phenoxy) is 1. The predicted molar refractivity (Wildman–Crippen MR) is 99.3 cm³/mol. The van der Waals surface area contributed by atoms with Crippen molar-refractivity contribution in [2.45, 2.75) is 38.6 Å². The van der Waals surface area contributed by atoms with Crippen LogP contribution in [0.5, 0.6) is 5.75 Å². The number of hydrogen-bond donors (Lipinski definition) is 0. The van der Waals surface area contributed by atoms with Crippen LogP contribution in [0.3, 0.4) is 0 Å². The third kappa shape index (κ3) is 4.10. The predicted octanol–water partition coefficient (Wildman–Crippen LogP) is 4.39. The number of ketones is 1. The quantitative estimate of drug-likeness (QED) is 0.720. The zero-order chi connectivity index (χ0) is 17.8. The highest BCUT2D eigenvalue weighted by molar-refractivity contribution is 7.14. The first-order valence-corrected chi connectivity index (χ1v) is 9.43. The largest absolute Gasteiger partial charge is 0.497 e. The summed E-state index contributed by atoms with van der Waals surface area (Å²) in [4.78, 5) is 28.7. The van der Waals surface area contributed by atoms with Gasteiger partial charge >= 0.3 is 0 Å². The van der Waals surface area contributed by atoms with Gasteiger partial charge < -0.3 is 9.64 Å².